The summed E-state index contributed by atoms with van der Waals surface area (Å²) in [6.07, 6.45) is 6.54. The monoisotopic (exact) mass is 226 g/mol. The zero-order chi connectivity index (χ0) is 11.4. The van der Waals surface area contributed by atoms with Crippen LogP contribution in [0.15, 0.2) is 0 Å². The van der Waals surface area contributed by atoms with E-state index < -0.39 is 0 Å². The standard InChI is InChI=1S/C13H26N2O/c1-13(7-5-9-16-13)11-14-10-12-6-3-4-8-15(12)2/h12,14H,3-11H2,1-2H3. The molecule has 0 radical (unpaired) electrons. The lowest BCUT2D eigenvalue weighted by molar-refractivity contribution is 0.0192. The molecule has 3 nitrogen and oxygen atoms in total. The first-order valence-corrected chi connectivity index (χ1v) is 6.75. The van der Waals surface area contributed by atoms with E-state index in [1.807, 2.05) is 0 Å². The Morgan fingerprint density at radius 3 is 2.94 bits per heavy atom. The van der Waals surface area contributed by atoms with Gasteiger partial charge in [-0.05, 0) is 46.2 Å². The quantitative estimate of drug-likeness (QED) is 0.788. The molecule has 2 saturated heterocycles. The third-order valence-electron chi connectivity index (χ3n) is 4.10. The van der Waals surface area contributed by atoms with Crippen molar-refractivity contribution in [3.05, 3.63) is 0 Å². The fraction of sp³-hybridized carbons (Fsp3) is 1.00. The third-order valence-corrected chi connectivity index (χ3v) is 4.10. The molecule has 0 saturated carbocycles. The molecule has 0 spiro atoms. The molecule has 0 aromatic heterocycles. The van der Waals surface area contributed by atoms with E-state index in [2.05, 4.69) is 24.2 Å². The molecule has 94 valence electrons. The highest BCUT2D eigenvalue weighted by Gasteiger charge is 2.29. The largest absolute Gasteiger partial charge is 0.374 e. The van der Waals surface area contributed by atoms with Gasteiger partial charge in [-0.1, -0.05) is 6.42 Å². The van der Waals surface area contributed by atoms with E-state index in [1.165, 1.54) is 38.6 Å². The van der Waals surface area contributed by atoms with E-state index in [9.17, 15) is 0 Å². The first-order valence-electron chi connectivity index (χ1n) is 6.75. The highest BCUT2D eigenvalue weighted by molar-refractivity contribution is 4.84. The van der Waals surface area contributed by atoms with E-state index in [4.69, 9.17) is 4.74 Å². The van der Waals surface area contributed by atoms with Crippen LogP contribution in [0.5, 0.6) is 0 Å². The minimum atomic E-state index is 0.104. The predicted octanol–water partition coefficient (Wildman–Crippen LogP) is 1.63. The second-order valence-corrected chi connectivity index (χ2v) is 5.66. The molecule has 1 N–H and O–H groups in total. The molecule has 16 heavy (non-hydrogen) atoms. The van der Waals surface area contributed by atoms with Gasteiger partial charge in [0.1, 0.15) is 0 Å². The summed E-state index contributed by atoms with van der Waals surface area (Å²) in [6.45, 7) is 6.58. The Morgan fingerprint density at radius 1 is 1.38 bits per heavy atom. The van der Waals surface area contributed by atoms with Gasteiger partial charge >= 0.3 is 0 Å². The zero-order valence-electron chi connectivity index (χ0n) is 10.8. The van der Waals surface area contributed by atoms with Crippen LogP contribution in [0.3, 0.4) is 0 Å². The third kappa shape index (κ3) is 3.19. The number of hydrogen-bond acceptors (Lipinski definition) is 3. The Balaban J connectivity index is 1.66. The minimum Gasteiger partial charge on any atom is -0.374 e. The Bertz CT molecular complexity index is 214. The highest BCUT2D eigenvalue weighted by Crippen LogP contribution is 2.24. The van der Waals surface area contributed by atoms with Gasteiger partial charge in [-0.3, -0.25) is 0 Å². The lowest BCUT2D eigenvalue weighted by atomic mass is 10.0. The van der Waals surface area contributed by atoms with Crippen molar-refractivity contribution < 1.29 is 4.74 Å². The molecule has 0 aliphatic carbocycles. The molecule has 0 amide bonds. The van der Waals surface area contributed by atoms with Crippen LogP contribution in [0, 0.1) is 0 Å². The van der Waals surface area contributed by atoms with E-state index in [0.717, 1.165) is 25.7 Å². The molecule has 0 aromatic carbocycles. The number of nitrogens with one attached hydrogen (secondary N) is 1. The summed E-state index contributed by atoms with van der Waals surface area (Å²) in [4.78, 5) is 2.49. The van der Waals surface area contributed by atoms with Crippen LogP contribution in [0.4, 0.5) is 0 Å². The van der Waals surface area contributed by atoms with Crippen molar-refractivity contribution in [3.63, 3.8) is 0 Å². The van der Waals surface area contributed by atoms with Crippen molar-refractivity contribution in [2.45, 2.75) is 50.7 Å². The van der Waals surface area contributed by atoms with E-state index in [1.54, 1.807) is 0 Å². The minimum absolute atomic E-state index is 0.104. The van der Waals surface area contributed by atoms with E-state index in [0.29, 0.717) is 0 Å². The maximum Gasteiger partial charge on any atom is 0.0779 e. The number of likely N-dealkylation sites (tertiary alicyclic amines) is 1. The summed E-state index contributed by atoms with van der Waals surface area (Å²) < 4.78 is 5.78. The highest BCUT2D eigenvalue weighted by atomic mass is 16.5. The maximum atomic E-state index is 5.78. The number of likely N-dealkylation sites (N-methyl/N-ethyl adjacent to an activating group) is 1. The predicted molar refractivity (Wildman–Crippen MR) is 66.7 cm³/mol. The van der Waals surface area contributed by atoms with Crippen LogP contribution in [0.25, 0.3) is 0 Å². The molecule has 2 aliphatic heterocycles. The number of hydrogen-bond donors (Lipinski definition) is 1. The van der Waals surface area contributed by atoms with Gasteiger partial charge in [-0.15, -0.1) is 0 Å². The average Bonchev–Trinajstić information content (AvgIpc) is 2.68. The summed E-state index contributed by atoms with van der Waals surface area (Å²) in [6, 6.07) is 0.735. The van der Waals surface area contributed by atoms with Crippen molar-refractivity contribution in [3.8, 4) is 0 Å². The van der Waals surface area contributed by atoms with Gasteiger partial charge in [0.25, 0.3) is 0 Å². The molecule has 2 heterocycles. The number of rotatable bonds is 4. The van der Waals surface area contributed by atoms with Gasteiger partial charge in [0.05, 0.1) is 5.60 Å². The SMILES string of the molecule is CN1CCCCC1CNCC1(C)CCCO1. The van der Waals surface area contributed by atoms with Crippen LogP contribution in [-0.2, 0) is 4.74 Å². The topological polar surface area (TPSA) is 24.5 Å². The van der Waals surface area contributed by atoms with Crippen molar-refractivity contribution in [1.29, 1.82) is 0 Å². The first kappa shape index (κ1) is 12.3. The van der Waals surface area contributed by atoms with Gasteiger partial charge in [-0.25, -0.2) is 0 Å². The van der Waals surface area contributed by atoms with Gasteiger partial charge in [0.2, 0.25) is 0 Å². The molecule has 0 aromatic rings. The lowest BCUT2D eigenvalue weighted by Crippen LogP contribution is -2.46. The summed E-state index contributed by atoms with van der Waals surface area (Å²) >= 11 is 0. The molecule has 2 atom stereocenters. The second-order valence-electron chi connectivity index (χ2n) is 5.66. The molecular weight excluding hydrogens is 200 g/mol. The Labute approximate surface area is 99.5 Å². The fourth-order valence-corrected chi connectivity index (χ4v) is 2.88. The summed E-state index contributed by atoms with van der Waals surface area (Å²) in [5.74, 6) is 0. The van der Waals surface area contributed by atoms with Crippen LogP contribution in [0.1, 0.15) is 39.0 Å². The first-order chi connectivity index (χ1) is 7.70. The zero-order valence-corrected chi connectivity index (χ0v) is 10.8. The van der Waals surface area contributed by atoms with E-state index >= 15 is 0 Å². The van der Waals surface area contributed by atoms with Gasteiger partial charge < -0.3 is 15.0 Å². The smallest absolute Gasteiger partial charge is 0.0779 e. The summed E-state index contributed by atoms with van der Waals surface area (Å²) in [7, 11) is 2.25. The molecule has 0 bridgehead atoms. The Morgan fingerprint density at radius 2 is 2.25 bits per heavy atom. The molecule has 2 aliphatic rings. The second kappa shape index (κ2) is 5.48. The molecule has 2 rings (SSSR count). The summed E-state index contributed by atoms with van der Waals surface area (Å²) in [5, 5.41) is 3.60. The lowest BCUT2D eigenvalue weighted by Gasteiger charge is -2.33. The van der Waals surface area contributed by atoms with Gasteiger partial charge in [-0.2, -0.15) is 0 Å². The summed E-state index contributed by atoms with van der Waals surface area (Å²) in [5.41, 5.74) is 0.104. The van der Waals surface area contributed by atoms with Crippen LogP contribution >= 0.6 is 0 Å². The maximum absolute atomic E-state index is 5.78. The van der Waals surface area contributed by atoms with Crippen molar-refractivity contribution in [1.82, 2.24) is 10.2 Å². The Hall–Kier alpha value is -0.120. The molecule has 2 fully saturated rings. The average molecular weight is 226 g/mol. The van der Waals surface area contributed by atoms with Crippen LogP contribution in [-0.4, -0.2) is 49.8 Å². The van der Waals surface area contributed by atoms with Gasteiger partial charge in [0, 0.05) is 25.7 Å². The number of piperidine rings is 1. The van der Waals surface area contributed by atoms with Crippen molar-refractivity contribution in [2.75, 3.05) is 33.3 Å². The van der Waals surface area contributed by atoms with Gasteiger partial charge in [0.15, 0.2) is 0 Å². The van der Waals surface area contributed by atoms with E-state index in [-0.39, 0.29) is 5.60 Å². The van der Waals surface area contributed by atoms with Crippen molar-refractivity contribution >= 4 is 0 Å². The normalized spacial score (nSPS) is 36.8. The Kier molecular flexibility index (Phi) is 4.22. The molecule has 2 unspecified atom stereocenters. The fourth-order valence-electron chi connectivity index (χ4n) is 2.88. The number of nitrogens with zero attached hydrogens (tertiary/aromatic N) is 1. The molecule has 3 heteroatoms. The molecular formula is C13H26N2O. The van der Waals surface area contributed by atoms with Crippen LogP contribution < -0.4 is 5.32 Å². The van der Waals surface area contributed by atoms with Crippen LogP contribution in [0.2, 0.25) is 0 Å². The number of ether oxygens (including phenoxy) is 1. The van der Waals surface area contributed by atoms with Crippen molar-refractivity contribution in [2.24, 2.45) is 0 Å².